The highest BCUT2D eigenvalue weighted by Crippen LogP contribution is 2.68. The lowest BCUT2D eigenvalue weighted by Gasteiger charge is -2.43. The summed E-state index contributed by atoms with van der Waals surface area (Å²) in [7, 11) is 0. The van der Waals surface area contributed by atoms with Gasteiger partial charge in [-0.05, 0) is 67.9 Å². The van der Waals surface area contributed by atoms with Crippen LogP contribution in [-0.2, 0) is 9.59 Å². The number of thiazole rings is 1. The van der Waals surface area contributed by atoms with Crippen LogP contribution in [0.3, 0.4) is 0 Å². The maximum atomic E-state index is 13.8. The highest BCUT2D eigenvalue weighted by atomic mass is 32.2. The van der Waals surface area contributed by atoms with Crippen molar-refractivity contribution in [1.82, 2.24) is 4.98 Å². The Hall–Kier alpha value is -3.04. The number of imide groups is 1. The molecular weight excluding hydrogens is 508 g/mol. The summed E-state index contributed by atoms with van der Waals surface area (Å²) in [5.41, 5.74) is 2.68. The molecule has 3 heterocycles. The minimum Gasteiger partial charge on any atom is -0.504 e. The summed E-state index contributed by atoms with van der Waals surface area (Å²) >= 11 is 2.89. The lowest BCUT2D eigenvalue weighted by atomic mass is 9.68. The van der Waals surface area contributed by atoms with Crippen LogP contribution in [0.25, 0.3) is 0 Å². The highest BCUT2D eigenvalue weighted by Gasteiger charge is 2.69. The number of carbonyl (C=O) groups excluding carboxylic acids is 2. The average molecular weight is 535 g/mol. The molecule has 190 valence electrons. The van der Waals surface area contributed by atoms with Gasteiger partial charge in [-0.3, -0.25) is 19.3 Å². The van der Waals surface area contributed by atoms with Crippen molar-refractivity contribution in [1.29, 1.82) is 0 Å². The van der Waals surface area contributed by atoms with E-state index in [1.807, 2.05) is 50.2 Å². The molecule has 2 aliphatic carbocycles. The van der Waals surface area contributed by atoms with Crippen LogP contribution >= 0.6 is 23.1 Å². The zero-order valence-electron chi connectivity index (χ0n) is 20.3. The summed E-state index contributed by atoms with van der Waals surface area (Å²) in [4.78, 5) is 45.3. The largest absolute Gasteiger partial charge is 0.504 e. The van der Waals surface area contributed by atoms with E-state index >= 15 is 0 Å². The normalized spacial score (nSPS) is 31.4. The van der Waals surface area contributed by atoms with Crippen LogP contribution in [0.5, 0.6) is 11.5 Å². The number of phenolic OH excluding ortho intramolecular Hbond substituents is 1. The van der Waals surface area contributed by atoms with E-state index in [0.29, 0.717) is 18.0 Å². The van der Waals surface area contributed by atoms with Crippen LogP contribution < -0.4 is 14.5 Å². The number of aromatic amines is 1. The minimum absolute atomic E-state index is 0.0408. The van der Waals surface area contributed by atoms with Crippen LogP contribution in [0, 0.1) is 36.5 Å². The number of hydrogen-bond donors (Lipinski definition) is 2. The number of phenols is 1. The monoisotopic (exact) mass is 534 g/mol. The standard InChI is InChI=1S/C28H26N2O5S2/c1-3-35-18-10-13(6-9-17(18)31)19-20-15-11-16(23(20)36-25-24(19)37-28(34)29-25)22-21(15)26(32)30(27(22)33)14-7-4-12(2)5-8-14/h4-10,15-16,19-23,31H,3,11H2,1-2H3,(H,29,34)/t15-,16-,19+,20+,21+,22+,23-/m1/s1. The lowest BCUT2D eigenvalue weighted by molar-refractivity contribution is -0.123. The van der Waals surface area contributed by atoms with Gasteiger partial charge in [-0.15, -0.1) is 11.8 Å². The second kappa shape index (κ2) is 8.23. The van der Waals surface area contributed by atoms with Gasteiger partial charge in [0.2, 0.25) is 11.8 Å². The molecule has 2 aromatic carbocycles. The molecule has 0 unspecified atom stereocenters. The van der Waals surface area contributed by atoms with Gasteiger partial charge in [0.1, 0.15) is 0 Å². The van der Waals surface area contributed by atoms with Crippen molar-refractivity contribution in [3.05, 3.63) is 68.1 Å². The van der Waals surface area contributed by atoms with Crippen molar-refractivity contribution in [3.8, 4) is 11.5 Å². The van der Waals surface area contributed by atoms with Crippen LogP contribution in [0.1, 0.15) is 35.3 Å². The van der Waals surface area contributed by atoms with E-state index in [0.717, 1.165) is 27.5 Å². The van der Waals surface area contributed by atoms with Crippen molar-refractivity contribution in [2.45, 2.75) is 36.5 Å². The molecule has 2 N–H and O–H groups in total. The Morgan fingerprint density at radius 1 is 1.05 bits per heavy atom. The zero-order chi connectivity index (χ0) is 25.6. The molecule has 37 heavy (non-hydrogen) atoms. The first-order chi connectivity index (χ1) is 17.9. The van der Waals surface area contributed by atoms with Crippen LogP contribution in [0.2, 0.25) is 0 Å². The molecule has 7 atom stereocenters. The fourth-order valence-corrected chi connectivity index (χ4v) is 10.2. The van der Waals surface area contributed by atoms with Gasteiger partial charge in [0, 0.05) is 16.0 Å². The lowest BCUT2D eigenvalue weighted by Crippen LogP contribution is -2.42. The summed E-state index contributed by atoms with van der Waals surface area (Å²) in [6.07, 6.45) is 0.836. The topological polar surface area (TPSA) is 99.7 Å². The maximum Gasteiger partial charge on any atom is 0.305 e. The van der Waals surface area contributed by atoms with Crippen LogP contribution in [-0.4, -0.2) is 33.8 Å². The van der Waals surface area contributed by atoms with Crippen molar-refractivity contribution >= 4 is 40.6 Å². The second-order valence-corrected chi connectivity index (χ2v) is 12.7. The smallest absolute Gasteiger partial charge is 0.305 e. The molecule has 3 aromatic rings. The van der Waals surface area contributed by atoms with Gasteiger partial charge in [-0.1, -0.05) is 35.1 Å². The molecule has 0 radical (unpaired) electrons. The molecule has 9 heteroatoms. The van der Waals surface area contributed by atoms with E-state index in [9.17, 15) is 19.5 Å². The SMILES string of the molecule is CCOc1cc([C@@H]2c3sc(=O)[nH]c3S[C@@H]3[C@@H]4C[C@@H]([C@@H]5C(=O)N(c6ccc(C)cc6)C(=O)[C@@H]45)[C@@H]23)ccc1O. The number of anilines is 1. The number of nitrogens with zero attached hydrogens (tertiary/aromatic N) is 1. The molecular formula is C28H26N2O5S2. The molecule has 2 saturated carbocycles. The highest BCUT2D eigenvalue weighted by molar-refractivity contribution is 8.00. The van der Waals surface area contributed by atoms with Gasteiger partial charge in [0.05, 0.1) is 29.2 Å². The van der Waals surface area contributed by atoms with Crippen molar-refractivity contribution in [2.75, 3.05) is 11.5 Å². The van der Waals surface area contributed by atoms with E-state index in [4.69, 9.17) is 4.74 Å². The fraction of sp³-hybridized carbons (Fsp3) is 0.393. The van der Waals surface area contributed by atoms with E-state index in [-0.39, 0.29) is 63.2 Å². The van der Waals surface area contributed by atoms with Gasteiger partial charge in [-0.2, -0.15) is 0 Å². The van der Waals surface area contributed by atoms with Gasteiger partial charge in [0.15, 0.2) is 11.5 Å². The summed E-state index contributed by atoms with van der Waals surface area (Å²) in [5.74, 6) is -0.259. The van der Waals surface area contributed by atoms with E-state index in [2.05, 4.69) is 4.98 Å². The third-order valence-corrected chi connectivity index (χ3v) is 11.2. The summed E-state index contributed by atoms with van der Waals surface area (Å²) in [6, 6.07) is 13.0. The number of fused-ring (bicyclic) bond motifs is 9. The van der Waals surface area contributed by atoms with Crippen LogP contribution in [0.15, 0.2) is 52.3 Å². The van der Waals surface area contributed by atoms with Crippen molar-refractivity contribution < 1.29 is 19.4 Å². The zero-order valence-corrected chi connectivity index (χ0v) is 22.0. The predicted octanol–water partition coefficient (Wildman–Crippen LogP) is 4.53. The predicted molar refractivity (Wildman–Crippen MR) is 141 cm³/mol. The summed E-state index contributed by atoms with van der Waals surface area (Å²) < 4.78 is 5.68. The molecule has 2 amide bonds. The molecule has 3 fully saturated rings. The van der Waals surface area contributed by atoms with Crippen molar-refractivity contribution in [2.24, 2.45) is 29.6 Å². The summed E-state index contributed by atoms with van der Waals surface area (Å²) in [5, 5.41) is 11.3. The first-order valence-corrected chi connectivity index (χ1v) is 14.4. The first kappa shape index (κ1) is 23.1. The molecule has 2 aliphatic heterocycles. The Morgan fingerprint density at radius 2 is 1.78 bits per heavy atom. The van der Waals surface area contributed by atoms with Gasteiger partial charge >= 0.3 is 4.87 Å². The number of aromatic hydroxyl groups is 1. The Balaban J connectivity index is 1.32. The number of nitrogens with one attached hydrogen (secondary N) is 1. The number of H-pyrrole nitrogens is 1. The third-order valence-electron chi connectivity index (χ3n) is 8.66. The average Bonchev–Trinajstić information content (AvgIpc) is 3.60. The number of hydrogen-bond acceptors (Lipinski definition) is 7. The Labute approximate surface area is 221 Å². The number of rotatable bonds is 4. The molecule has 1 saturated heterocycles. The Kier molecular flexibility index (Phi) is 5.14. The molecule has 7 nitrogen and oxygen atoms in total. The number of benzene rings is 2. The van der Waals surface area contributed by atoms with E-state index < -0.39 is 0 Å². The molecule has 1 aromatic heterocycles. The fourth-order valence-electron chi connectivity index (χ4n) is 7.33. The Bertz CT molecular complexity index is 1490. The number of amides is 2. The third kappa shape index (κ3) is 3.23. The van der Waals surface area contributed by atoms with Crippen molar-refractivity contribution in [3.63, 3.8) is 0 Å². The van der Waals surface area contributed by atoms with Gasteiger partial charge in [-0.25, -0.2) is 0 Å². The summed E-state index contributed by atoms with van der Waals surface area (Å²) in [6.45, 7) is 4.28. The molecule has 4 aliphatic rings. The quantitative estimate of drug-likeness (QED) is 0.478. The molecule has 0 spiro atoms. The second-order valence-electron chi connectivity index (χ2n) is 10.5. The first-order valence-electron chi connectivity index (χ1n) is 12.7. The van der Waals surface area contributed by atoms with E-state index in [1.165, 1.54) is 16.2 Å². The number of ether oxygens (including phenoxy) is 1. The van der Waals surface area contributed by atoms with E-state index in [1.54, 1.807) is 17.8 Å². The number of thioether (sulfide) groups is 1. The number of carbonyl (C=O) groups is 2. The maximum absolute atomic E-state index is 13.8. The Morgan fingerprint density at radius 3 is 2.51 bits per heavy atom. The van der Waals surface area contributed by atoms with Gasteiger partial charge in [0.25, 0.3) is 0 Å². The van der Waals surface area contributed by atoms with Gasteiger partial charge < -0.3 is 14.8 Å². The minimum atomic E-state index is -0.344. The molecule has 2 bridgehead atoms. The molecule has 7 rings (SSSR count). The van der Waals surface area contributed by atoms with Crippen LogP contribution in [0.4, 0.5) is 5.69 Å². The number of aromatic nitrogens is 1. The number of aryl methyl sites for hydroxylation is 1.